The van der Waals surface area contributed by atoms with E-state index in [0.29, 0.717) is 11.3 Å². The van der Waals surface area contributed by atoms with E-state index in [2.05, 4.69) is 5.32 Å². The summed E-state index contributed by atoms with van der Waals surface area (Å²) in [5, 5.41) is 2.97. The van der Waals surface area contributed by atoms with Crippen LogP contribution in [0.15, 0.2) is 47.4 Å². The number of likely N-dealkylation sites (N-methyl/N-ethyl adjacent to an activating group) is 1. The zero-order valence-electron chi connectivity index (χ0n) is 14.0. The third-order valence-corrected chi connectivity index (χ3v) is 6.20. The Morgan fingerprint density at radius 1 is 1.08 bits per heavy atom. The van der Waals surface area contributed by atoms with Crippen molar-refractivity contribution >= 4 is 50.6 Å². The minimum atomic E-state index is -3.88. The SMILES string of the molecule is CC(=O)c1ccc(S(=O)(=O)N(C)CC(=O)Nc2cccc(Cl)c2Cl)cc1. The second-order valence-electron chi connectivity index (χ2n) is 5.49. The summed E-state index contributed by atoms with van der Waals surface area (Å²) in [6.07, 6.45) is 0. The number of hydrogen-bond acceptors (Lipinski definition) is 4. The molecule has 6 nitrogen and oxygen atoms in total. The molecule has 0 unspecified atom stereocenters. The third-order valence-electron chi connectivity index (χ3n) is 3.56. The van der Waals surface area contributed by atoms with E-state index in [1.807, 2.05) is 0 Å². The molecule has 0 aromatic heterocycles. The maximum atomic E-state index is 12.5. The number of sulfonamides is 1. The molecule has 0 aliphatic heterocycles. The molecule has 2 rings (SSSR count). The number of nitrogens with zero attached hydrogens (tertiary/aromatic N) is 1. The van der Waals surface area contributed by atoms with Crippen molar-refractivity contribution in [1.82, 2.24) is 4.31 Å². The highest BCUT2D eigenvalue weighted by molar-refractivity contribution is 7.89. The van der Waals surface area contributed by atoms with Crippen molar-refractivity contribution in [3.8, 4) is 0 Å². The summed E-state index contributed by atoms with van der Waals surface area (Å²) < 4.78 is 26.0. The lowest BCUT2D eigenvalue weighted by atomic mass is 10.2. The van der Waals surface area contributed by atoms with Crippen molar-refractivity contribution in [3.63, 3.8) is 0 Å². The van der Waals surface area contributed by atoms with Gasteiger partial charge in [0.25, 0.3) is 0 Å². The standard InChI is InChI=1S/C17H16Cl2N2O4S/c1-11(22)12-6-8-13(9-7-12)26(24,25)21(2)10-16(23)20-15-5-3-4-14(18)17(15)19/h3-9H,10H2,1-2H3,(H,20,23). The quantitative estimate of drug-likeness (QED) is 0.733. The van der Waals surface area contributed by atoms with Crippen molar-refractivity contribution in [3.05, 3.63) is 58.1 Å². The number of ketones is 1. The number of anilines is 1. The number of hydrogen-bond donors (Lipinski definition) is 1. The van der Waals surface area contributed by atoms with Crippen LogP contribution in [0, 0.1) is 0 Å². The van der Waals surface area contributed by atoms with Crippen LogP contribution >= 0.6 is 23.2 Å². The van der Waals surface area contributed by atoms with E-state index in [1.165, 1.54) is 38.2 Å². The molecular formula is C17H16Cl2N2O4S. The van der Waals surface area contributed by atoms with E-state index in [-0.39, 0.29) is 20.7 Å². The lowest BCUT2D eigenvalue weighted by Gasteiger charge is -2.17. The summed E-state index contributed by atoms with van der Waals surface area (Å²) in [5.74, 6) is -0.735. The van der Waals surface area contributed by atoms with Crippen molar-refractivity contribution < 1.29 is 18.0 Å². The maximum absolute atomic E-state index is 12.5. The Bertz CT molecular complexity index is 944. The zero-order chi connectivity index (χ0) is 19.5. The van der Waals surface area contributed by atoms with Crippen LogP contribution < -0.4 is 5.32 Å². The number of Topliss-reactive ketones (excluding diaryl/α,β-unsaturated/α-hetero) is 1. The van der Waals surface area contributed by atoms with Gasteiger partial charge in [-0.3, -0.25) is 9.59 Å². The van der Waals surface area contributed by atoms with Gasteiger partial charge in [-0.1, -0.05) is 41.4 Å². The van der Waals surface area contributed by atoms with E-state index >= 15 is 0 Å². The monoisotopic (exact) mass is 414 g/mol. The minimum Gasteiger partial charge on any atom is -0.324 e. The van der Waals surface area contributed by atoms with Gasteiger partial charge in [0.1, 0.15) is 0 Å². The molecule has 2 aromatic rings. The summed E-state index contributed by atoms with van der Waals surface area (Å²) in [5.41, 5.74) is 0.695. The van der Waals surface area contributed by atoms with Gasteiger partial charge in [0.2, 0.25) is 15.9 Å². The van der Waals surface area contributed by atoms with Crippen molar-refractivity contribution in [1.29, 1.82) is 0 Å². The van der Waals surface area contributed by atoms with E-state index in [9.17, 15) is 18.0 Å². The molecule has 0 saturated heterocycles. The Morgan fingerprint density at radius 3 is 2.27 bits per heavy atom. The third kappa shape index (κ3) is 4.62. The van der Waals surface area contributed by atoms with Gasteiger partial charge in [-0.05, 0) is 31.2 Å². The zero-order valence-corrected chi connectivity index (χ0v) is 16.3. The highest BCUT2D eigenvalue weighted by Gasteiger charge is 2.23. The van der Waals surface area contributed by atoms with Crippen LogP contribution in [0.1, 0.15) is 17.3 Å². The predicted molar refractivity (Wildman–Crippen MR) is 101 cm³/mol. The normalized spacial score (nSPS) is 11.4. The smallest absolute Gasteiger partial charge is 0.243 e. The lowest BCUT2D eigenvalue weighted by molar-refractivity contribution is -0.116. The minimum absolute atomic E-state index is 0.0152. The fourth-order valence-corrected chi connectivity index (χ4v) is 3.59. The number of carbonyl (C=O) groups is 2. The number of carbonyl (C=O) groups excluding carboxylic acids is 2. The topological polar surface area (TPSA) is 83.6 Å². The van der Waals surface area contributed by atoms with Gasteiger partial charge in [0.15, 0.2) is 5.78 Å². The molecule has 0 saturated carbocycles. The summed E-state index contributed by atoms with van der Waals surface area (Å²) in [7, 11) is -2.60. The van der Waals surface area contributed by atoms with E-state index in [1.54, 1.807) is 18.2 Å². The molecule has 0 spiro atoms. The molecule has 2 aromatic carbocycles. The molecule has 1 N–H and O–H groups in total. The molecule has 0 radical (unpaired) electrons. The molecule has 0 aliphatic rings. The maximum Gasteiger partial charge on any atom is 0.243 e. The van der Waals surface area contributed by atoms with Gasteiger partial charge in [-0.25, -0.2) is 8.42 Å². The number of halogens is 2. The van der Waals surface area contributed by atoms with Gasteiger partial charge in [-0.15, -0.1) is 0 Å². The number of amides is 1. The average molecular weight is 415 g/mol. The van der Waals surface area contributed by atoms with Crippen LogP contribution in [-0.2, 0) is 14.8 Å². The highest BCUT2D eigenvalue weighted by Crippen LogP contribution is 2.29. The van der Waals surface area contributed by atoms with Crippen LogP contribution in [0.4, 0.5) is 5.69 Å². The molecule has 138 valence electrons. The first-order chi connectivity index (χ1) is 12.1. The second-order valence-corrected chi connectivity index (χ2v) is 8.32. The molecule has 0 fully saturated rings. The van der Waals surface area contributed by atoms with Crippen LogP contribution in [-0.4, -0.2) is 38.0 Å². The first-order valence-electron chi connectivity index (χ1n) is 7.44. The Balaban J connectivity index is 2.12. The fraction of sp³-hybridized carbons (Fsp3) is 0.176. The Labute approximate surface area is 161 Å². The van der Waals surface area contributed by atoms with Gasteiger partial charge in [0.05, 0.1) is 27.2 Å². The van der Waals surface area contributed by atoms with Crippen molar-refractivity contribution in [2.75, 3.05) is 18.9 Å². The summed E-state index contributed by atoms with van der Waals surface area (Å²) in [6.45, 7) is 0.973. The first kappa shape index (κ1) is 20.4. The molecule has 0 aliphatic carbocycles. The predicted octanol–water partition coefficient (Wildman–Crippen LogP) is 3.46. The highest BCUT2D eigenvalue weighted by atomic mass is 35.5. The van der Waals surface area contributed by atoms with E-state index < -0.39 is 22.5 Å². The van der Waals surface area contributed by atoms with Gasteiger partial charge >= 0.3 is 0 Å². The van der Waals surface area contributed by atoms with Gasteiger partial charge in [-0.2, -0.15) is 4.31 Å². The average Bonchev–Trinajstić information content (AvgIpc) is 2.59. The summed E-state index contributed by atoms with van der Waals surface area (Å²) >= 11 is 11.9. The molecular weight excluding hydrogens is 399 g/mol. The molecule has 0 heterocycles. The summed E-state index contributed by atoms with van der Waals surface area (Å²) in [6, 6.07) is 10.2. The van der Waals surface area contributed by atoms with Crippen LogP contribution in [0.5, 0.6) is 0 Å². The van der Waals surface area contributed by atoms with Gasteiger partial charge in [0, 0.05) is 12.6 Å². The Kier molecular flexibility index (Phi) is 6.41. The molecule has 0 atom stereocenters. The fourth-order valence-electron chi connectivity index (χ4n) is 2.12. The number of nitrogens with one attached hydrogen (secondary N) is 1. The molecule has 1 amide bonds. The lowest BCUT2D eigenvalue weighted by Crippen LogP contribution is -2.35. The van der Waals surface area contributed by atoms with Crippen LogP contribution in [0.3, 0.4) is 0 Å². The molecule has 9 heteroatoms. The summed E-state index contributed by atoms with van der Waals surface area (Å²) in [4.78, 5) is 23.4. The Morgan fingerprint density at radius 2 is 1.69 bits per heavy atom. The molecule has 26 heavy (non-hydrogen) atoms. The number of rotatable bonds is 6. The first-order valence-corrected chi connectivity index (χ1v) is 9.63. The molecule has 0 bridgehead atoms. The Hall–Kier alpha value is -1.93. The van der Waals surface area contributed by atoms with Crippen molar-refractivity contribution in [2.45, 2.75) is 11.8 Å². The number of benzene rings is 2. The largest absolute Gasteiger partial charge is 0.324 e. The van der Waals surface area contributed by atoms with E-state index in [0.717, 1.165) is 4.31 Å². The van der Waals surface area contributed by atoms with Crippen LogP contribution in [0.2, 0.25) is 10.0 Å². The van der Waals surface area contributed by atoms with Crippen molar-refractivity contribution in [2.24, 2.45) is 0 Å². The van der Waals surface area contributed by atoms with Gasteiger partial charge < -0.3 is 5.32 Å². The second kappa shape index (κ2) is 8.18. The van der Waals surface area contributed by atoms with Crippen LogP contribution in [0.25, 0.3) is 0 Å². The van der Waals surface area contributed by atoms with E-state index in [4.69, 9.17) is 23.2 Å².